The molecule has 0 spiro atoms. The molecule has 32 heavy (non-hydrogen) atoms. The molecule has 2 fully saturated rings. The number of nitrogens with zero attached hydrogens (tertiary/aromatic N) is 1. The number of nitrogens with one attached hydrogen (secondary N) is 1. The van der Waals surface area contributed by atoms with Gasteiger partial charge < -0.3 is 18.5 Å². The molecule has 0 bridgehead atoms. The second-order valence-electron chi connectivity index (χ2n) is 8.30. The second kappa shape index (κ2) is 9.32. The average Bonchev–Trinajstić information content (AvgIpc) is 2.98. The van der Waals surface area contributed by atoms with Gasteiger partial charge in [-0.05, 0) is 20.8 Å². The Labute approximate surface area is 183 Å². The normalized spacial score (nSPS) is 32.8. The second-order valence-corrected chi connectivity index (χ2v) is 10.4. The van der Waals surface area contributed by atoms with Crippen LogP contribution in [0.2, 0.25) is 0 Å². The van der Waals surface area contributed by atoms with Crippen molar-refractivity contribution in [2.24, 2.45) is 11.3 Å². The first-order valence-corrected chi connectivity index (χ1v) is 11.9. The SMILES string of the molecule is C#C[C@]1(C)[C@@H]2CP(=O)(OC[C@H](F)CC(=O)OC(C)C)OC[C@H]2O[C@H]1n1ccc(=O)[nH]c1=O. The third-order valence-corrected chi connectivity index (χ3v) is 7.44. The fourth-order valence-electron chi connectivity index (χ4n) is 3.89. The molecule has 0 radical (unpaired) electrons. The highest BCUT2D eigenvalue weighted by atomic mass is 31.2. The Morgan fingerprint density at radius 3 is 2.84 bits per heavy atom. The van der Waals surface area contributed by atoms with E-state index in [0.717, 1.165) is 0 Å². The minimum atomic E-state index is -3.75. The summed E-state index contributed by atoms with van der Waals surface area (Å²) in [7, 11) is -3.75. The number of H-pyrrole nitrogens is 1. The fraction of sp³-hybridized carbons (Fsp3) is 0.650. The molecule has 2 aliphatic rings. The van der Waals surface area contributed by atoms with Crippen LogP contribution in [0.25, 0.3) is 0 Å². The molecule has 176 valence electrons. The predicted molar refractivity (Wildman–Crippen MR) is 111 cm³/mol. The van der Waals surface area contributed by atoms with Crippen LogP contribution in [0.1, 0.15) is 33.4 Å². The number of carbonyl (C=O) groups is 1. The molecule has 3 heterocycles. The molecular formula is C20H26FN2O8P. The van der Waals surface area contributed by atoms with E-state index in [1.54, 1.807) is 20.8 Å². The van der Waals surface area contributed by atoms with Crippen LogP contribution >= 0.6 is 7.60 Å². The Morgan fingerprint density at radius 1 is 1.50 bits per heavy atom. The molecule has 2 saturated heterocycles. The van der Waals surface area contributed by atoms with Crippen molar-refractivity contribution in [3.8, 4) is 12.3 Å². The van der Waals surface area contributed by atoms with Gasteiger partial charge in [0.25, 0.3) is 5.56 Å². The molecule has 1 aromatic heterocycles. The van der Waals surface area contributed by atoms with Gasteiger partial charge in [0.15, 0.2) is 6.23 Å². The molecule has 0 aliphatic carbocycles. The zero-order valence-corrected chi connectivity index (χ0v) is 18.9. The summed E-state index contributed by atoms with van der Waals surface area (Å²) in [5.74, 6) is 1.38. The third kappa shape index (κ3) is 5.04. The molecule has 0 amide bonds. The molecule has 0 saturated carbocycles. The molecule has 2 aliphatic heterocycles. The van der Waals surface area contributed by atoms with Gasteiger partial charge in [0.05, 0.1) is 43.4 Å². The maximum atomic E-state index is 14.1. The van der Waals surface area contributed by atoms with Crippen LogP contribution in [0, 0.1) is 23.7 Å². The lowest BCUT2D eigenvalue weighted by molar-refractivity contribution is -0.149. The molecule has 6 atom stereocenters. The molecule has 1 unspecified atom stereocenters. The summed E-state index contributed by atoms with van der Waals surface area (Å²) in [6, 6.07) is 1.17. The number of rotatable bonds is 7. The molecule has 1 aromatic rings. The number of ether oxygens (including phenoxy) is 2. The summed E-state index contributed by atoms with van der Waals surface area (Å²) in [5.41, 5.74) is -2.36. The highest BCUT2D eigenvalue weighted by Crippen LogP contribution is 2.61. The van der Waals surface area contributed by atoms with E-state index in [2.05, 4.69) is 10.9 Å². The van der Waals surface area contributed by atoms with Crippen LogP contribution < -0.4 is 11.2 Å². The Bertz CT molecular complexity index is 1060. The summed E-state index contributed by atoms with van der Waals surface area (Å²) in [6.07, 6.45) is 2.74. The maximum absolute atomic E-state index is 14.1. The van der Waals surface area contributed by atoms with E-state index in [0.29, 0.717) is 0 Å². The molecular weight excluding hydrogens is 446 g/mol. The largest absolute Gasteiger partial charge is 0.463 e. The van der Waals surface area contributed by atoms with Crippen LogP contribution in [0.5, 0.6) is 0 Å². The number of aromatic amines is 1. The highest BCUT2D eigenvalue weighted by molar-refractivity contribution is 7.53. The number of hydrogen-bond donors (Lipinski definition) is 1. The summed E-state index contributed by atoms with van der Waals surface area (Å²) in [6.45, 7) is 4.22. The number of alkyl halides is 1. The van der Waals surface area contributed by atoms with Crippen LogP contribution in [0.15, 0.2) is 21.9 Å². The summed E-state index contributed by atoms with van der Waals surface area (Å²) in [4.78, 5) is 37.4. The first-order valence-electron chi connectivity index (χ1n) is 10.1. The molecule has 10 nitrogen and oxygen atoms in total. The van der Waals surface area contributed by atoms with Crippen molar-refractivity contribution in [2.45, 2.75) is 51.8 Å². The highest BCUT2D eigenvalue weighted by Gasteiger charge is 2.58. The van der Waals surface area contributed by atoms with E-state index in [-0.39, 0.29) is 18.9 Å². The molecule has 3 rings (SSSR count). The third-order valence-electron chi connectivity index (χ3n) is 5.51. The Morgan fingerprint density at radius 2 is 2.22 bits per heavy atom. The van der Waals surface area contributed by atoms with Crippen molar-refractivity contribution in [1.29, 1.82) is 0 Å². The van der Waals surface area contributed by atoms with Gasteiger partial charge in [0.1, 0.15) is 6.17 Å². The topological polar surface area (TPSA) is 126 Å². The van der Waals surface area contributed by atoms with Gasteiger partial charge in [-0.25, -0.2) is 9.18 Å². The van der Waals surface area contributed by atoms with Crippen molar-refractivity contribution >= 4 is 13.6 Å². The number of carbonyl (C=O) groups excluding carboxylic acids is 1. The number of esters is 1. The quantitative estimate of drug-likeness (QED) is 0.360. The minimum Gasteiger partial charge on any atom is -0.463 e. The zero-order chi connectivity index (χ0) is 23.7. The lowest BCUT2D eigenvalue weighted by Gasteiger charge is -2.35. The number of terminal acetylenes is 1. The van der Waals surface area contributed by atoms with Crippen molar-refractivity contribution < 1.29 is 32.3 Å². The van der Waals surface area contributed by atoms with Gasteiger partial charge in [-0.2, -0.15) is 0 Å². The van der Waals surface area contributed by atoms with E-state index in [1.165, 1.54) is 16.8 Å². The molecule has 1 N–H and O–H groups in total. The van der Waals surface area contributed by atoms with Gasteiger partial charge in [-0.1, -0.05) is 5.92 Å². The minimum absolute atomic E-state index is 0.139. The van der Waals surface area contributed by atoms with Gasteiger partial charge >= 0.3 is 19.3 Å². The fourth-order valence-corrected chi connectivity index (χ4v) is 6.04. The van der Waals surface area contributed by atoms with Crippen LogP contribution in [-0.4, -0.2) is 53.3 Å². The van der Waals surface area contributed by atoms with Gasteiger partial charge in [0, 0.05) is 18.2 Å². The molecule has 0 aromatic carbocycles. The Hall–Kier alpha value is -2.25. The van der Waals surface area contributed by atoms with E-state index in [4.69, 9.17) is 24.9 Å². The maximum Gasteiger partial charge on any atom is 0.331 e. The average molecular weight is 472 g/mol. The monoisotopic (exact) mass is 472 g/mol. The van der Waals surface area contributed by atoms with E-state index >= 15 is 0 Å². The molecule has 12 heteroatoms. The van der Waals surface area contributed by atoms with E-state index in [1.807, 2.05) is 0 Å². The number of aromatic nitrogens is 2. The Kier molecular flexibility index (Phi) is 7.10. The van der Waals surface area contributed by atoms with Crippen molar-refractivity contribution in [3.63, 3.8) is 0 Å². The number of halogens is 1. The van der Waals surface area contributed by atoms with Crippen LogP contribution in [0.3, 0.4) is 0 Å². The van der Waals surface area contributed by atoms with Gasteiger partial charge in [-0.3, -0.25) is 23.7 Å². The first kappa shape index (κ1) is 24.4. The standard InChI is InChI=1S/C20H26FN2O8P/c1-5-20(4)14-11-32(27,28-9-13(21)8-17(25)30-12(2)3)29-10-15(14)31-18(20)23-7-6-16(24)22-19(23)26/h1,6-7,12-15,18H,8-11H2,2-4H3,(H,22,24,26)/t13-,14-,15-,18-,20-,32?/m1/s1. The van der Waals surface area contributed by atoms with Crippen molar-refractivity contribution in [2.75, 3.05) is 19.4 Å². The van der Waals surface area contributed by atoms with Crippen molar-refractivity contribution in [3.05, 3.63) is 33.1 Å². The van der Waals surface area contributed by atoms with E-state index in [9.17, 15) is 23.3 Å². The zero-order valence-electron chi connectivity index (χ0n) is 18.0. The smallest absolute Gasteiger partial charge is 0.331 e. The van der Waals surface area contributed by atoms with E-state index < -0.39 is 67.7 Å². The van der Waals surface area contributed by atoms with Gasteiger partial charge in [0.2, 0.25) is 0 Å². The van der Waals surface area contributed by atoms with Gasteiger partial charge in [-0.15, -0.1) is 6.42 Å². The number of fused-ring (bicyclic) bond motifs is 1. The summed E-state index contributed by atoms with van der Waals surface area (Å²) >= 11 is 0. The van der Waals surface area contributed by atoms with Crippen LogP contribution in [-0.2, 0) is 27.9 Å². The van der Waals surface area contributed by atoms with Crippen molar-refractivity contribution in [1.82, 2.24) is 9.55 Å². The Balaban J connectivity index is 1.71. The summed E-state index contributed by atoms with van der Waals surface area (Å²) in [5, 5.41) is 0. The lowest BCUT2D eigenvalue weighted by atomic mass is 9.77. The lowest BCUT2D eigenvalue weighted by Crippen LogP contribution is -2.40. The predicted octanol–water partition coefficient (Wildman–Crippen LogP) is 1.61. The van der Waals surface area contributed by atoms with Crippen LogP contribution in [0.4, 0.5) is 4.39 Å². The summed E-state index contributed by atoms with van der Waals surface area (Å²) < 4.78 is 49.9. The first-order chi connectivity index (χ1) is 15.0. The number of hydrogen-bond acceptors (Lipinski definition) is 8.